The van der Waals surface area contributed by atoms with E-state index in [1.807, 2.05) is 0 Å². The first kappa shape index (κ1) is 24.6. The number of ether oxygens (including phenoxy) is 2. The van der Waals surface area contributed by atoms with Gasteiger partial charge in [0.05, 0.1) is 24.2 Å². The summed E-state index contributed by atoms with van der Waals surface area (Å²) in [4.78, 5) is 13.0. The Morgan fingerprint density at radius 1 is 1.29 bits per heavy atom. The second kappa shape index (κ2) is 10.4. The summed E-state index contributed by atoms with van der Waals surface area (Å²) < 4.78 is 39.9. The molecule has 0 aliphatic carbocycles. The van der Waals surface area contributed by atoms with E-state index in [-0.39, 0.29) is 22.9 Å². The highest BCUT2D eigenvalue weighted by Crippen LogP contribution is 2.39. The predicted molar refractivity (Wildman–Crippen MR) is 133 cm³/mol. The zero-order valence-electron chi connectivity index (χ0n) is 18.2. The third-order valence-corrected chi connectivity index (χ3v) is 9.00. The molecule has 0 radical (unpaired) electrons. The fourth-order valence-corrected chi connectivity index (χ4v) is 6.47. The highest BCUT2D eigenvalue weighted by atomic mass is 35.5. The Bertz CT molecular complexity index is 1280. The van der Waals surface area contributed by atoms with Gasteiger partial charge in [-0.25, -0.2) is 8.42 Å². The van der Waals surface area contributed by atoms with Crippen LogP contribution in [0.25, 0.3) is 0 Å². The molecular weight excluding hydrogens is 520 g/mol. The molecule has 4 rings (SSSR count). The summed E-state index contributed by atoms with van der Waals surface area (Å²) in [6, 6.07) is 10.6. The second-order valence-corrected chi connectivity index (χ2v) is 11.8. The number of thioether (sulfide) groups is 1. The number of carbonyl (C=O) groups excluding carboxylic acids is 1. The van der Waals surface area contributed by atoms with Crippen LogP contribution in [-0.4, -0.2) is 50.0 Å². The van der Waals surface area contributed by atoms with Crippen LogP contribution in [0.1, 0.15) is 13.3 Å². The number of hydrogen-bond acceptors (Lipinski definition) is 9. The van der Waals surface area contributed by atoms with Crippen molar-refractivity contribution >= 4 is 61.4 Å². The molecule has 13 heteroatoms. The number of carbonyl (C=O) groups is 1. The van der Waals surface area contributed by atoms with E-state index in [0.717, 1.165) is 20.8 Å². The topological polar surface area (TPSA) is 111 Å². The van der Waals surface area contributed by atoms with Crippen LogP contribution in [-0.2, 0) is 14.8 Å². The number of fused-ring (bicyclic) bond motifs is 1. The number of nitrogens with one attached hydrogen (secondary N) is 1. The van der Waals surface area contributed by atoms with Gasteiger partial charge in [0.1, 0.15) is 11.5 Å². The average molecular weight is 541 g/mol. The fraction of sp³-hybridized carbons (Fsp3) is 0.286. The summed E-state index contributed by atoms with van der Waals surface area (Å²) >= 11 is 8.94. The zero-order valence-corrected chi connectivity index (χ0v) is 21.4. The lowest BCUT2D eigenvalue weighted by molar-refractivity contribution is -0.122. The number of aromatic nitrogens is 2. The molecule has 34 heavy (non-hydrogen) atoms. The van der Waals surface area contributed by atoms with Crippen LogP contribution < -0.4 is 19.1 Å². The summed E-state index contributed by atoms with van der Waals surface area (Å²) in [6.45, 7) is 1.82. The van der Waals surface area contributed by atoms with Gasteiger partial charge in [-0.2, -0.15) is 0 Å². The number of nitrogens with zero attached hydrogens (tertiary/aromatic N) is 3. The Morgan fingerprint density at radius 2 is 2.06 bits per heavy atom. The normalized spacial score (nSPS) is 15.4. The Morgan fingerprint density at radius 3 is 2.76 bits per heavy atom. The van der Waals surface area contributed by atoms with Gasteiger partial charge in [-0.15, -0.1) is 10.2 Å². The molecular formula is C21H21ClN4O5S3. The van der Waals surface area contributed by atoms with E-state index >= 15 is 0 Å². The van der Waals surface area contributed by atoms with Crippen molar-refractivity contribution in [3.05, 3.63) is 47.5 Å². The summed E-state index contributed by atoms with van der Waals surface area (Å²) in [7, 11) is -2.54. The Hall–Kier alpha value is -2.54. The van der Waals surface area contributed by atoms with Crippen molar-refractivity contribution in [1.82, 2.24) is 10.2 Å². The van der Waals surface area contributed by atoms with E-state index in [9.17, 15) is 13.2 Å². The van der Waals surface area contributed by atoms with E-state index in [0.29, 0.717) is 15.9 Å². The van der Waals surface area contributed by atoms with Crippen LogP contribution in [0.2, 0.25) is 5.02 Å². The largest absolute Gasteiger partial charge is 0.497 e. The van der Waals surface area contributed by atoms with Gasteiger partial charge in [0, 0.05) is 10.8 Å². The van der Waals surface area contributed by atoms with Crippen LogP contribution >= 0.6 is 34.7 Å². The first-order chi connectivity index (χ1) is 16.3. The first-order valence-electron chi connectivity index (χ1n) is 10.2. The maximum atomic E-state index is 13.5. The molecule has 1 unspecified atom stereocenters. The number of methoxy groups -OCH3 is 1. The van der Waals surface area contributed by atoms with Crippen LogP contribution in [0.15, 0.2) is 51.7 Å². The van der Waals surface area contributed by atoms with Gasteiger partial charge >= 0.3 is 0 Å². The van der Waals surface area contributed by atoms with Gasteiger partial charge in [-0.1, -0.05) is 41.6 Å². The number of rotatable bonds is 8. The molecule has 9 nitrogen and oxygen atoms in total. The quantitative estimate of drug-likeness (QED) is 0.332. The number of sulfonamides is 1. The molecule has 1 amide bonds. The maximum absolute atomic E-state index is 13.5. The smallest absolute Gasteiger partial charge is 0.269 e. The monoisotopic (exact) mass is 540 g/mol. The van der Waals surface area contributed by atoms with Crippen molar-refractivity contribution in [2.75, 3.05) is 29.0 Å². The Kier molecular flexibility index (Phi) is 7.51. The molecule has 1 aromatic heterocycles. The van der Waals surface area contributed by atoms with E-state index < -0.39 is 22.0 Å². The van der Waals surface area contributed by atoms with Gasteiger partial charge in [0.25, 0.3) is 15.9 Å². The third-order valence-electron chi connectivity index (χ3n) is 4.80. The number of benzene rings is 2. The van der Waals surface area contributed by atoms with E-state index in [2.05, 4.69) is 22.4 Å². The molecule has 0 fully saturated rings. The minimum absolute atomic E-state index is 0.0435. The third kappa shape index (κ3) is 5.24. The highest BCUT2D eigenvalue weighted by molar-refractivity contribution is 8.01. The lowest BCUT2D eigenvalue weighted by Crippen LogP contribution is -2.48. The van der Waals surface area contributed by atoms with Crippen molar-refractivity contribution in [3.8, 4) is 11.5 Å². The molecule has 1 aliphatic rings. The molecule has 1 aliphatic heterocycles. The molecule has 1 N–H and O–H groups in total. The lowest BCUT2D eigenvalue weighted by atomic mass is 10.2. The Labute approximate surface area is 210 Å². The summed E-state index contributed by atoms with van der Waals surface area (Å²) in [5, 5.41) is 11.4. The van der Waals surface area contributed by atoms with Gasteiger partial charge in [0.2, 0.25) is 5.13 Å². The molecule has 1 atom stereocenters. The van der Waals surface area contributed by atoms with Gasteiger partial charge in [0.15, 0.2) is 10.4 Å². The fourth-order valence-electron chi connectivity index (χ4n) is 3.16. The molecule has 0 saturated carbocycles. The van der Waals surface area contributed by atoms with Crippen LogP contribution in [0.4, 0.5) is 10.8 Å². The van der Waals surface area contributed by atoms with Gasteiger partial charge in [-0.05, 0) is 48.9 Å². The molecule has 3 aromatic rings. The van der Waals surface area contributed by atoms with Crippen molar-refractivity contribution in [3.63, 3.8) is 0 Å². The maximum Gasteiger partial charge on any atom is 0.269 e. The SMILES string of the molecule is CCCSc1nnc(NC(=O)C2CN(S(=O)(=O)c3ccc(OC)cc3)c3cc(Cl)ccc3O2)s1. The zero-order chi connectivity index (χ0) is 24.3. The van der Waals surface area contributed by atoms with Gasteiger partial charge in [-0.3, -0.25) is 14.4 Å². The average Bonchev–Trinajstić information content (AvgIpc) is 3.29. The number of halogens is 1. The van der Waals surface area contributed by atoms with Crippen molar-refractivity contribution in [2.45, 2.75) is 28.7 Å². The van der Waals surface area contributed by atoms with Crippen molar-refractivity contribution in [1.29, 1.82) is 0 Å². The van der Waals surface area contributed by atoms with E-state index in [4.69, 9.17) is 21.1 Å². The minimum Gasteiger partial charge on any atom is -0.497 e. The van der Waals surface area contributed by atoms with Crippen molar-refractivity contribution in [2.24, 2.45) is 0 Å². The highest BCUT2D eigenvalue weighted by Gasteiger charge is 2.38. The summed E-state index contributed by atoms with van der Waals surface area (Å²) in [5.41, 5.74) is 0.251. The molecule has 0 saturated heterocycles. The molecule has 0 bridgehead atoms. The first-order valence-corrected chi connectivity index (χ1v) is 13.8. The molecule has 2 heterocycles. The van der Waals surface area contributed by atoms with E-state index in [1.54, 1.807) is 30.0 Å². The van der Waals surface area contributed by atoms with Gasteiger partial charge < -0.3 is 9.47 Å². The Balaban J connectivity index is 1.61. The van der Waals surface area contributed by atoms with Crippen molar-refractivity contribution < 1.29 is 22.7 Å². The lowest BCUT2D eigenvalue weighted by Gasteiger charge is -2.34. The van der Waals surface area contributed by atoms with Crippen LogP contribution in [0.5, 0.6) is 11.5 Å². The molecule has 180 valence electrons. The number of amides is 1. The van der Waals surface area contributed by atoms with Crippen LogP contribution in [0.3, 0.4) is 0 Å². The molecule has 0 spiro atoms. The molecule has 2 aromatic carbocycles. The standard InChI is InChI=1S/C21H21ClN4O5S3/c1-3-10-32-21-25-24-20(33-21)23-19(27)18-12-26(16-11-13(22)4-9-17(16)31-18)34(28,29)15-7-5-14(30-2)6-8-15/h4-9,11,18H,3,10,12H2,1-2H3,(H,23,24,27). The second-order valence-electron chi connectivity index (χ2n) is 7.14. The number of hydrogen-bond donors (Lipinski definition) is 1. The van der Waals surface area contributed by atoms with Crippen LogP contribution in [0, 0.1) is 0 Å². The van der Waals surface area contributed by atoms with E-state index in [1.165, 1.54) is 42.7 Å². The minimum atomic E-state index is -4.03. The summed E-state index contributed by atoms with van der Waals surface area (Å²) in [5.74, 6) is 1.12. The summed E-state index contributed by atoms with van der Waals surface area (Å²) in [6.07, 6.45) is -0.124. The predicted octanol–water partition coefficient (Wildman–Crippen LogP) is 4.30. The number of anilines is 2.